The lowest BCUT2D eigenvalue weighted by Crippen LogP contribution is -2.36. The van der Waals surface area contributed by atoms with Crippen molar-refractivity contribution < 1.29 is 22.7 Å². The highest BCUT2D eigenvalue weighted by Crippen LogP contribution is 2.51. The summed E-state index contributed by atoms with van der Waals surface area (Å²) in [5, 5.41) is 1.31. The van der Waals surface area contributed by atoms with Gasteiger partial charge in [-0.05, 0) is 30.2 Å². The van der Waals surface area contributed by atoms with Gasteiger partial charge < -0.3 is 14.5 Å². The van der Waals surface area contributed by atoms with Gasteiger partial charge in [-0.25, -0.2) is 4.98 Å². The summed E-state index contributed by atoms with van der Waals surface area (Å²) in [6.45, 7) is 2.93. The van der Waals surface area contributed by atoms with Gasteiger partial charge in [-0.1, -0.05) is 11.3 Å². The predicted octanol–water partition coefficient (Wildman–Crippen LogP) is 3.81. The van der Waals surface area contributed by atoms with Gasteiger partial charge in [0.2, 0.25) is 5.91 Å². The summed E-state index contributed by atoms with van der Waals surface area (Å²) in [6, 6.07) is 3.86. The monoisotopic (exact) mass is 397 g/mol. The summed E-state index contributed by atoms with van der Waals surface area (Å²) < 4.78 is 45.1. The maximum absolute atomic E-state index is 13.3. The normalized spacial score (nSPS) is 21.8. The second-order valence-electron chi connectivity index (χ2n) is 6.95. The van der Waals surface area contributed by atoms with Crippen molar-refractivity contribution in [3.63, 3.8) is 0 Å². The number of rotatable bonds is 2. The molecule has 0 bridgehead atoms. The zero-order valence-electron chi connectivity index (χ0n) is 14.8. The zero-order chi connectivity index (χ0) is 19.4. The predicted molar refractivity (Wildman–Crippen MR) is 95.7 cm³/mol. The minimum atomic E-state index is -4.41. The van der Waals surface area contributed by atoms with Crippen molar-refractivity contribution in [3.05, 3.63) is 35.5 Å². The number of ether oxygens (including phenoxy) is 1. The van der Waals surface area contributed by atoms with Crippen LogP contribution in [-0.4, -0.2) is 42.5 Å². The molecule has 3 heterocycles. The molecule has 1 aromatic heterocycles. The number of aromatic nitrogens is 1. The van der Waals surface area contributed by atoms with E-state index in [1.807, 2.05) is 4.90 Å². The zero-order valence-corrected chi connectivity index (χ0v) is 15.7. The van der Waals surface area contributed by atoms with Crippen LogP contribution in [0.3, 0.4) is 0 Å². The van der Waals surface area contributed by atoms with Crippen LogP contribution in [0.15, 0.2) is 24.4 Å². The first-order valence-corrected chi connectivity index (χ1v) is 9.30. The van der Waals surface area contributed by atoms with Crippen LogP contribution in [0.2, 0.25) is 0 Å². The average molecular weight is 397 g/mol. The number of alkyl halides is 3. The number of amides is 1. The van der Waals surface area contributed by atoms with E-state index in [0.717, 1.165) is 6.07 Å². The van der Waals surface area contributed by atoms with Crippen molar-refractivity contribution in [3.8, 4) is 5.06 Å². The fourth-order valence-corrected chi connectivity index (χ4v) is 4.72. The second kappa shape index (κ2) is 6.12. The Morgan fingerprint density at radius 2 is 2.11 bits per heavy atom. The van der Waals surface area contributed by atoms with Gasteiger partial charge in [0.15, 0.2) is 10.2 Å². The van der Waals surface area contributed by atoms with E-state index < -0.39 is 17.2 Å². The fourth-order valence-electron chi connectivity index (χ4n) is 3.98. The van der Waals surface area contributed by atoms with Gasteiger partial charge in [0, 0.05) is 37.7 Å². The number of likely N-dealkylation sites (tertiary alicyclic amines) is 1. The molecule has 1 saturated heterocycles. The summed E-state index contributed by atoms with van der Waals surface area (Å²) in [4.78, 5) is 19.8. The lowest BCUT2D eigenvalue weighted by molar-refractivity contribution is -0.137. The Morgan fingerprint density at radius 3 is 2.70 bits per heavy atom. The van der Waals surface area contributed by atoms with Gasteiger partial charge in [-0.3, -0.25) is 4.79 Å². The molecule has 0 unspecified atom stereocenters. The van der Waals surface area contributed by atoms with E-state index in [2.05, 4.69) is 4.98 Å². The smallest absolute Gasteiger partial charge is 0.416 e. The maximum Gasteiger partial charge on any atom is 0.416 e. The van der Waals surface area contributed by atoms with Crippen LogP contribution in [0, 0.1) is 0 Å². The first kappa shape index (κ1) is 18.1. The number of nitrogens with zero attached hydrogens (tertiary/aromatic N) is 3. The Hall–Kier alpha value is -2.29. The topological polar surface area (TPSA) is 45.7 Å². The Kier molecular flexibility index (Phi) is 4.10. The highest BCUT2D eigenvalue weighted by atomic mass is 32.1. The lowest BCUT2D eigenvalue weighted by Gasteiger charge is -2.25. The number of hydrogen-bond donors (Lipinski definition) is 0. The van der Waals surface area contributed by atoms with Crippen LogP contribution in [0.25, 0.3) is 0 Å². The number of methoxy groups -OCH3 is 1. The number of halogens is 3. The van der Waals surface area contributed by atoms with Crippen molar-refractivity contribution >= 4 is 28.1 Å². The van der Waals surface area contributed by atoms with Crippen LogP contribution in [0.4, 0.5) is 24.0 Å². The van der Waals surface area contributed by atoms with Crippen molar-refractivity contribution in [1.82, 2.24) is 9.88 Å². The van der Waals surface area contributed by atoms with E-state index in [0.29, 0.717) is 47.5 Å². The van der Waals surface area contributed by atoms with Gasteiger partial charge in [0.1, 0.15) is 0 Å². The van der Waals surface area contributed by atoms with Crippen molar-refractivity contribution in [2.75, 3.05) is 31.6 Å². The SMILES string of the molecule is COc1cnc(N2C[C@]3(CCN(C(C)=O)C3)c3cc(C(F)(F)F)ccc32)s1. The lowest BCUT2D eigenvalue weighted by atomic mass is 9.81. The van der Waals surface area contributed by atoms with E-state index in [-0.39, 0.29) is 5.91 Å². The third-order valence-corrected chi connectivity index (χ3v) is 6.33. The summed E-state index contributed by atoms with van der Waals surface area (Å²) in [7, 11) is 1.55. The van der Waals surface area contributed by atoms with Crippen LogP contribution in [-0.2, 0) is 16.4 Å². The molecule has 1 atom stereocenters. The van der Waals surface area contributed by atoms with Crippen LogP contribution < -0.4 is 9.64 Å². The number of fused-ring (bicyclic) bond motifs is 2. The molecule has 0 aliphatic carbocycles. The number of carbonyl (C=O) groups is 1. The molecule has 5 nitrogen and oxygen atoms in total. The summed E-state index contributed by atoms with van der Waals surface area (Å²) in [5.74, 6) is -0.0604. The Balaban J connectivity index is 1.81. The van der Waals surface area contributed by atoms with Crippen LogP contribution in [0.1, 0.15) is 24.5 Å². The highest BCUT2D eigenvalue weighted by Gasteiger charge is 2.49. The number of anilines is 2. The molecule has 0 N–H and O–H groups in total. The summed E-state index contributed by atoms with van der Waals surface area (Å²) in [6.07, 6.45) is -2.18. The van der Waals surface area contributed by atoms with E-state index in [4.69, 9.17) is 4.74 Å². The molecule has 1 spiro atoms. The van der Waals surface area contributed by atoms with Crippen molar-refractivity contribution in [2.45, 2.75) is 24.9 Å². The summed E-state index contributed by atoms with van der Waals surface area (Å²) in [5.41, 5.74) is 0.155. The van der Waals surface area contributed by atoms with Gasteiger partial charge in [-0.2, -0.15) is 13.2 Å². The van der Waals surface area contributed by atoms with E-state index in [1.165, 1.54) is 30.4 Å². The van der Waals surface area contributed by atoms with Gasteiger partial charge in [-0.15, -0.1) is 0 Å². The van der Waals surface area contributed by atoms with Gasteiger partial charge >= 0.3 is 6.18 Å². The van der Waals surface area contributed by atoms with Gasteiger partial charge in [0.05, 0.1) is 18.9 Å². The molecule has 2 aliphatic heterocycles. The van der Waals surface area contributed by atoms with Crippen molar-refractivity contribution in [2.24, 2.45) is 0 Å². The van der Waals surface area contributed by atoms with E-state index in [1.54, 1.807) is 18.2 Å². The van der Waals surface area contributed by atoms with E-state index in [9.17, 15) is 18.0 Å². The first-order valence-electron chi connectivity index (χ1n) is 8.48. The Labute approximate surface area is 158 Å². The number of thiazole rings is 1. The maximum atomic E-state index is 13.3. The molecular weight excluding hydrogens is 379 g/mol. The molecule has 1 aromatic carbocycles. The molecule has 2 aliphatic rings. The Morgan fingerprint density at radius 1 is 1.33 bits per heavy atom. The van der Waals surface area contributed by atoms with E-state index >= 15 is 0 Å². The van der Waals surface area contributed by atoms with Gasteiger partial charge in [0.25, 0.3) is 0 Å². The van der Waals surface area contributed by atoms with Crippen LogP contribution in [0.5, 0.6) is 5.06 Å². The first-order chi connectivity index (χ1) is 12.7. The molecule has 4 rings (SSSR count). The Bertz CT molecular complexity index is 898. The summed E-state index contributed by atoms with van der Waals surface area (Å²) >= 11 is 1.34. The third kappa shape index (κ3) is 2.93. The second-order valence-corrected chi connectivity index (χ2v) is 7.92. The minimum absolute atomic E-state index is 0.0604. The number of carbonyl (C=O) groups excluding carboxylic acids is 1. The quantitative estimate of drug-likeness (QED) is 0.773. The number of benzene rings is 1. The van der Waals surface area contributed by atoms with Crippen LogP contribution >= 0.6 is 11.3 Å². The van der Waals surface area contributed by atoms with Crippen molar-refractivity contribution in [1.29, 1.82) is 0 Å². The molecular formula is C18H18F3N3O2S. The average Bonchev–Trinajstić information content (AvgIpc) is 3.32. The minimum Gasteiger partial charge on any atom is -0.486 e. The molecule has 27 heavy (non-hydrogen) atoms. The molecule has 0 saturated carbocycles. The fraction of sp³-hybridized carbons (Fsp3) is 0.444. The standard InChI is InChI=1S/C18H18F3N3O2S/c1-11(25)23-6-5-17(9-23)10-24(16-22-8-15(26-2)27-16)14-4-3-12(7-13(14)17)18(19,20)21/h3-4,7-8H,5-6,9-10H2,1-2H3/t17-/m1/s1. The molecule has 9 heteroatoms. The molecule has 1 fully saturated rings. The molecule has 144 valence electrons. The highest BCUT2D eigenvalue weighted by molar-refractivity contribution is 7.17. The molecule has 1 amide bonds. The third-order valence-electron chi connectivity index (χ3n) is 5.35. The molecule has 2 aromatic rings. The molecule has 0 radical (unpaired) electrons. The largest absolute Gasteiger partial charge is 0.486 e. The number of hydrogen-bond acceptors (Lipinski definition) is 5.